The lowest BCUT2D eigenvalue weighted by molar-refractivity contribution is -0.144. The summed E-state index contributed by atoms with van der Waals surface area (Å²) in [4.78, 5) is 0. The van der Waals surface area contributed by atoms with Crippen molar-refractivity contribution in [2.75, 3.05) is 0 Å². The zero-order valence-electron chi connectivity index (χ0n) is 36.3. The second kappa shape index (κ2) is 16.3. The topological polar surface area (TPSA) is 57.4 Å². The largest absolute Gasteiger partial charge is 0.417 e. The summed E-state index contributed by atoms with van der Waals surface area (Å²) in [6, 6.07) is 38.1. The van der Waals surface area contributed by atoms with Crippen LogP contribution < -0.4 is 0 Å². The van der Waals surface area contributed by atoms with Crippen molar-refractivity contribution < 1.29 is 52.7 Å². The minimum atomic E-state index is -5.17. The van der Waals surface area contributed by atoms with Gasteiger partial charge in [0.05, 0.1) is 67.3 Å². The predicted octanol–water partition coefficient (Wildman–Crippen LogP) is 17.0. The first-order chi connectivity index (χ1) is 33.6. The molecule has 0 N–H and O–H groups in total. The van der Waals surface area contributed by atoms with Crippen molar-refractivity contribution in [3.05, 3.63) is 191 Å². The van der Waals surface area contributed by atoms with E-state index < -0.39 is 58.1 Å². The van der Waals surface area contributed by atoms with E-state index in [0.717, 1.165) is 12.1 Å². The van der Waals surface area contributed by atoms with E-state index >= 15 is 0 Å². The lowest BCUT2D eigenvalue weighted by atomic mass is 9.95. The summed E-state index contributed by atoms with van der Waals surface area (Å²) in [6.45, 7) is 1.77. The highest BCUT2D eigenvalue weighted by Crippen LogP contribution is 2.47. The number of alkyl halides is 12. The van der Waals surface area contributed by atoms with Crippen molar-refractivity contribution in [1.29, 1.82) is 10.5 Å². The van der Waals surface area contributed by atoms with Crippen LogP contribution in [0.2, 0.25) is 0 Å². The molecule has 0 aliphatic carbocycles. The highest BCUT2D eigenvalue weighted by molar-refractivity contribution is 6.13. The van der Waals surface area contributed by atoms with E-state index in [1.807, 2.05) is 0 Å². The van der Waals surface area contributed by atoms with Crippen molar-refractivity contribution in [3.8, 4) is 56.9 Å². The van der Waals surface area contributed by atoms with Gasteiger partial charge in [0.15, 0.2) is 0 Å². The van der Waals surface area contributed by atoms with Gasteiger partial charge in [-0.05, 0) is 119 Å². The van der Waals surface area contributed by atoms with Gasteiger partial charge in [0, 0.05) is 27.1 Å². The Morgan fingerprint density at radius 2 is 0.859 bits per heavy atom. The van der Waals surface area contributed by atoms with Crippen LogP contribution in [0, 0.1) is 29.6 Å². The third-order valence-corrected chi connectivity index (χ3v) is 12.5. The van der Waals surface area contributed by atoms with Gasteiger partial charge in [0.2, 0.25) is 0 Å². The number of aryl methyl sites for hydroxylation is 1. The maximum absolute atomic E-state index is 14.5. The number of rotatable bonds is 5. The number of hydrogen-bond donors (Lipinski definition) is 0. The molecule has 2 heterocycles. The number of halogens is 12. The van der Waals surface area contributed by atoms with E-state index in [1.54, 1.807) is 94.9 Å². The fourth-order valence-corrected chi connectivity index (χ4v) is 9.54. The van der Waals surface area contributed by atoms with Gasteiger partial charge >= 0.3 is 24.7 Å². The molecule has 2 aromatic heterocycles. The molecule has 0 spiro atoms. The number of aromatic nitrogens is 2. The molecule has 8 aromatic carbocycles. The molecule has 0 atom stereocenters. The Bertz CT molecular complexity index is 3930. The molecule has 0 aliphatic heterocycles. The van der Waals surface area contributed by atoms with Crippen LogP contribution in [0.5, 0.6) is 0 Å². The molecule has 352 valence electrons. The third-order valence-electron chi connectivity index (χ3n) is 12.5. The predicted molar refractivity (Wildman–Crippen MR) is 246 cm³/mol. The summed E-state index contributed by atoms with van der Waals surface area (Å²) >= 11 is 0. The molecule has 0 amide bonds. The van der Waals surface area contributed by atoms with Gasteiger partial charge in [0.1, 0.15) is 11.6 Å². The van der Waals surface area contributed by atoms with Gasteiger partial charge in [-0.3, -0.25) is 0 Å². The Morgan fingerprint density at radius 1 is 0.394 bits per heavy atom. The molecule has 0 aliphatic rings. The lowest BCUT2D eigenvalue weighted by Gasteiger charge is -2.20. The van der Waals surface area contributed by atoms with E-state index in [4.69, 9.17) is 0 Å². The van der Waals surface area contributed by atoms with Gasteiger partial charge in [-0.15, -0.1) is 0 Å². The van der Waals surface area contributed by atoms with Crippen LogP contribution in [0.4, 0.5) is 52.7 Å². The van der Waals surface area contributed by atoms with E-state index in [9.17, 15) is 63.2 Å². The van der Waals surface area contributed by atoms with E-state index in [1.165, 1.54) is 36.4 Å². The van der Waals surface area contributed by atoms with Crippen LogP contribution in [0.15, 0.2) is 152 Å². The van der Waals surface area contributed by atoms with Crippen LogP contribution in [0.1, 0.15) is 38.9 Å². The molecular formula is C55H28F12N4. The molecule has 4 nitrogen and oxygen atoms in total. The molecule has 0 bridgehead atoms. The van der Waals surface area contributed by atoms with Crippen molar-refractivity contribution in [2.45, 2.75) is 31.6 Å². The standard InChI is InChI=1S/C55H28F12N4/c1-29-20-30(27-68)22-33(21-29)38-16-19-50(70-46-8-4-2-6-39(46)41-23-31(10-17-48(41)70)36-14-12-34(52(56,57)58)25-44(36)54(62,63)64)43(28-69)51(38)71-47-9-5-3-7-40(47)42-24-32(11-18-49(42)71)37-15-13-35(53(59,60)61)26-45(37)55(65,66)67/h2-26H,1H3. The number of fused-ring (bicyclic) bond motifs is 6. The molecule has 0 fully saturated rings. The molecule has 0 radical (unpaired) electrons. The van der Waals surface area contributed by atoms with Crippen LogP contribution in [0.25, 0.3) is 88.4 Å². The summed E-state index contributed by atoms with van der Waals surface area (Å²) < 4.78 is 172. The average Bonchev–Trinajstić information content (AvgIpc) is 3.83. The molecule has 16 heteroatoms. The van der Waals surface area contributed by atoms with Crippen molar-refractivity contribution in [2.24, 2.45) is 0 Å². The van der Waals surface area contributed by atoms with Gasteiger partial charge < -0.3 is 9.13 Å². The molecule has 0 saturated heterocycles. The Labute approximate surface area is 394 Å². The van der Waals surface area contributed by atoms with E-state index in [2.05, 4.69) is 12.1 Å². The highest BCUT2D eigenvalue weighted by Gasteiger charge is 2.40. The Hall–Kier alpha value is -8.50. The minimum Gasteiger partial charge on any atom is -0.308 e. The average molecular weight is 973 g/mol. The zero-order valence-corrected chi connectivity index (χ0v) is 36.3. The minimum absolute atomic E-state index is 0.0326. The Balaban J connectivity index is 1.26. The summed E-state index contributed by atoms with van der Waals surface area (Å²) in [5.41, 5.74) is -2.80. The fraction of sp³-hybridized carbons (Fsp3) is 0.0909. The van der Waals surface area contributed by atoms with E-state index in [-0.39, 0.29) is 45.8 Å². The fourth-order valence-electron chi connectivity index (χ4n) is 9.54. The number of hydrogen-bond acceptors (Lipinski definition) is 2. The van der Waals surface area contributed by atoms with Crippen LogP contribution in [-0.2, 0) is 24.7 Å². The first-order valence-electron chi connectivity index (χ1n) is 21.3. The maximum atomic E-state index is 14.5. The zero-order chi connectivity index (χ0) is 50.5. The van der Waals surface area contributed by atoms with Gasteiger partial charge in [0.25, 0.3) is 0 Å². The molecule has 10 rings (SSSR count). The van der Waals surface area contributed by atoms with Gasteiger partial charge in [-0.2, -0.15) is 63.2 Å². The molecule has 0 unspecified atom stereocenters. The van der Waals surface area contributed by atoms with Gasteiger partial charge in [-0.25, -0.2) is 0 Å². The van der Waals surface area contributed by atoms with Crippen molar-refractivity contribution >= 4 is 43.6 Å². The quantitative estimate of drug-likeness (QED) is 0.161. The summed E-state index contributed by atoms with van der Waals surface area (Å²) in [5, 5.41) is 23.3. The lowest BCUT2D eigenvalue weighted by Crippen LogP contribution is -2.12. The van der Waals surface area contributed by atoms with Crippen molar-refractivity contribution in [1.82, 2.24) is 9.13 Å². The molecular weight excluding hydrogens is 945 g/mol. The number of nitriles is 2. The SMILES string of the molecule is Cc1cc(C#N)cc(-c2ccc(-n3c4ccccc4c4cc(-c5ccc(C(F)(F)F)cc5C(F)(F)F)ccc43)c(C#N)c2-n2c3ccccc3c3cc(-c4ccc(C(F)(F)F)cc4C(F)(F)F)ccc32)c1. The van der Waals surface area contributed by atoms with Crippen LogP contribution in [-0.4, -0.2) is 9.13 Å². The van der Waals surface area contributed by atoms with Crippen LogP contribution >= 0.6 is 0 Å². The number of para-hydroxylation sites is 2. The summed E-state index contributed by atoms with van der Waals surface area (Å²) in [5.74, 6) is 0. The second-order valence-electron chi connectivity index (χ2n) is 16.8. The first kappa shape index (κ1) is 46.2. The maximum Gasteiger partial charge on any atom is 0.417 e. The Morgan fingerprint density at radius 3 is 1.34 bits per heavy atom. The summed E-state index contributed by atoms with van der Waals surface area (Å²) in [6.07, 6.45) is -20.4. The highest BCUT2D eigenvalue weighted by atomic mass is 19.4. The molecule has 10 aromatic rings. The molecule has 71 heavy (non-hydrogen) atoms. The number of benzene rings is 8. The molecule has 0 saturated carbocycles. The van der Waals surface area contributed by atoms with Crippen molar-refractivity contribution in [3.63, 3.8) is 0 Å². The van der Waals surface area contributed by atoms with Crippen LogP contribution in [0.3, 0.4) is 0 Å². The van der Waals surface area contributed by atoms with E-state index in [0.29, 0.717) is 72.4 Å². The normalized spacial score (nSPS) is 12.5. The smallest absolute Gasteiger partial charge is 0.308 e. The second-order valence-corrected chi connectivity index (χ2v) is 16.8. The first-order valence-corrected chi connectivity index (χ1v) is 21.3. The third kappa shape index (κ3) is 7.85. The van der Waals surface area contributed by atoms with Gasteiger partial charge in [-0.1, -0.05) is 72.8 Å². The number of nitrogens with zero attached hydrogens (tertiary/aromatic N) is 4. The summed E-state index contributed by atoms with van der Waals surface area (Å²) in [7, 11) is 0. The monoisotopic (exact) mass is 972 g/mol. The Kier molecular flexibility index (Phi) is 10.6.